The molecular weight excluding hydrogens is 306 g/mol. The number of urea groups is 1. The summed E-state index contributed by atoms with van der Waals surface area (Å²) in [6.45, 7) is 7.96. The molecule has 2 aliphatic rings. The number of hydrogen-bond acceptors (Lipinski definition) is 4. The van der Waals surface area contributed by atoms with Crippen LogP contribution in [0.15, 0.2) is 18.2 Å². The molecule has 6 nitrogen and oxygen atoms in total. The molecule has 0 saturated carbocycles. The third-order valence-electron chi connectivity index (χ3n) is 4.53. The van der Waals surface area contributed by atoms with Crippen LogP contribution in [0.2, 0.25) is 0 Å². The molecule has 0 bridgehead atoms. The summed E-state index contributed by atoms with van der Waals surface area (Å²) in [6, 6.07) is 5.48. The van der Waals surface area contributed by atoms with Crippen LogP contribution in [0.3, 0.4) is 0 Å². The summed E-state index contributed by atoms with van der Waals surface area (Å²) in [5.74, 6) is 1.43. The van der Waals surface area contributed by atoms with Gasteiger partial charge in [-0.2, -0.15) is 0 Å². The Hall–Kier alpha value is -1.95. The first kappa shape index (κ1) is 16.9. The van der Waals surface area contributed by atoms with E-state index in [1.54, 1.807) is 0 Å². The van der Waals surface area contributed by atoms with Gasteiger partial charge in [-0.05, 0) is 25.1 Å². The zero-order valence-corrected chi connectivity index (χ0v) is 14.4. The van der Waals surface area contributed by atoms with Crippen molar-refractivity contribution in [2.75, 3.05) is 51.3 Å². The molecule has 1 fully saturated rings. The number of nitrogens with one attached hydrogen (secondary N) is 1. The van der Waals surface area contributed by atoms with Crippen LogP contribution in [0.4, 0.5) is 10.5 Å². The number of carbonyl (C=O) groups excluding carboxylic acids is 1. The Balaban J connectivity index is 1.47. The summed E-state index contributed by atoms with van der Waals surface area (Å²) in [7, 11) is 0. The molecule has 1 saturated heterocycles. The molecule has 0 atom stereocenters. The van der Waals surface area contributed by atoms with Gasteiger partial charge in [0.2, 0.25) is 0 Å². The second kappa shape index (κ2) is 8.24. The average Bonchev–Trinajstić information content (AvgIpc) is 2.62. The van der Waals surface area contributed by atoms with Crippen molar-refractivity contribution in [2.45, 2.75) is 26.2 Å². The molecule has 24 heavy (non-hydrogen) atoms. The van der Waals surface area contributed by atoms with Crippen molar-refractivity contribution in [3.8, 4) is 11.5 Å². The Bertz CT molecular complexity index is 556. The highest BCUT2D eigenvalue weighted by Crippen LogP contribution is 2.32. The maximum atomic E-state index is 12.4. The zero-order chi connectivity index (χ0) is 16.8. The molecule has 0 spiro atoms. The van der Waals surface area contributed by atoms with Crippen molar-refractivity contribution in [2.24, 2.45) is 0 Å². The van der Waals surface area contributed by atoms with E-state index >= 15 is 0 Å². The van der Waals surface area contributed by atoms with Gasteiger partial charge in [0.1, 0.15) is 13.2 Å². The van der Waals surface area contributed by atoms with Gasteiger partial charge in [-0.25, -0.2) is 4.79 Å². The molecule has 0 radical (unpaired) electrons. The highest BCUT2D eigenvalue weighted by Gasteiger charge is 2.21. The molecule has 132 valence electrons. The molecule has 2 heterocycles. The van der Waals surface area contributed by atoms with Gasteiger partial charge in [-0.1, -0.05) is 19.8 Å². The van der Waals surface area contributed by atoms with Crippen LogP contribution in [-0.4, -0.2) is 61.8 Å². The van der Waals surface area contributed by atoms with Crippen LogP contribution in [0.1, 0.15) is 26.2 Å². The second-order valence-corrected chi connectivity index (χ2v) is 6.32. The number of piperazine rings is 1. The SMILES string of the molecule is CCCCCN1CCN(C(=O)Nc2ccc3c(c2)OCCO3)CC1. The minimum Gasteiger partial charge on any atom is -0.486 e. The normalized spacial score (nSPS) is 17.6. The summed E-state index contributed by atoms with van der Waals surface area (Å²) in [5.41, 5.74) is 0.745. The number of nitrogens with zero attached hydrogens (tertiary/aromatic N) is 2. The van der Waals surface area contributed by atoms with Crippen LogP contribution in [-0.2, 0) is 0 Å². The van der Waals surface area contributed by atoms with Crippen molar-refractivity contribution >= 4 is 11.7 Å². The molecule has 0 aliphatic carbocycles. The highest BCUT2D eigenvalue weighted by molar-refractivity contribution is 5.89. The predicted molar refractivity (Wildman–Crippen MR) is 94.0 cm³/mol. The summed E-state index contributed by atoms with van der Waals surface area (Å²) < 4.78 is 11.1. The van der Waals surface area contributed by atoms with E-state index in [2.05, 4.69) is 17.1 Å². The van der Waals surface area contributed by atoms with Gasteiger partial charge in [0.15, 0.2) is 11.5 Å². The first-order valence-corrected chi connectivity index (χ1v) is 8.94. The van der Waals surface area contributed by atoms with E-state index in [-0.39, 0.29) is 6.03 Å². The van der Waals surface area contributed by atoms with Gasteiger partial charge in [-0.15, -0.1) is 0 Å². The third-order valence-corrected chi connectivity index (χ3v) is 4.53. The van der Waals surface area contributed by atoms with Gasteiger partial charge >= 0.3 is 6.03 Å². The summed E-state index contributed by atoms with van der Waals surface area (Å²) in [4.78, 5) is 16.8. The molecule has 1 aromatic carbocycles. The van der Waals surface area contributed by atoms with Crippen molar-refractivity contribution in [3.05, 3.63) is 18.2 Å². The lowest BCUT2D eigenvalue weighted by Crippen LogP contribution is -2.50. The van der Waals surface area contributed by atoms with Gasteiger partial charge in [0.05, 0.1) is 0 Å². The van der Waals surface area contributed by atoms with Crippen molar-refractivity contribution in [1.82, 2.24) is 9.80 Å². The second-order valence-electron chi connectivity index (χ2n) is 6.32. The fourth-order valence-electron chi connectivity index (χ4n) is 3.08. The molecule has 0 unspecified atom stereocenters. The molecule has 2 aliphatic heterocycles. The van der Waals surface area contributed by atoms with Crippen LogP contribution in [0, 0.1) is 0 Å². The number of anilines is 1. The molecule has 0 aromatic heterocycles. The van der Waals surface area contributed by atoms with E-state index < -0.39 is 0 Å². The van der Waals surface area contributed by atoms with Gasteiger partial charge < -0.3 is 19.7 Å². The lowest BCUT2D eigenvalue weighted by molar-refractivity contribution is 0.146. The fourth-order valence-corrected chi connectivity index (χ4v) is 3.08. The fraction of sp³-hybridized carbons (Fsp3) is 0.611. The van der Waals surface area contributed by atoms with Gasteiger partial charge in [0, 0.05) is 37.9 Å². The van der Waals surface area contributed by atoms with Crippen LogP contribution >= 0.6 is 0 Å². The lowest BCUT2D eigenvalue weighted by Gasteiger charge is -2.34. The van der Waals surface area contributed by atoms with Crippen LogP contribution in [0.25, 0.3) is 0 Å². The van der Waals surface area contributed by atoms with Gasteiger partial charge in [0.25, 0.3) is 0 Å². The van der Waals surface area contributed by atoms with E-state index in [4.69, 9.17) is 9.47 Å². The quantitative estimate of drug-likeness (QED) is 0.842. The number of carbonyl (C=O) groups is 1. The van der Waals surface area contributed by atoms with E-state index in [0.717, 1.165) is 44.2 Å². The average molecular weight is 333 g/mol. The Morgan fingerprint density at radius 3 is 2.58 bits per heavy atom. The number of benzene rings is 1. The standard InChI is InChI=1S/C18H27N3O3/c1-2-3-4-7-20-8-10-21(11-9-20)18(22)19-15-5-6-16-17(14-15)24-13-12-23-16/h5-6,14H,2-4,7-13H2,1H3,(H,19,22). The van der Waals surface area contributed by atoms with Crippen molar-refractivity contribution in [3.63, 3.8) is 0 Å². The predicted octanol–water partition coefficient (Wildman–Crippen LogP) is 2.80. The highest BCUT2D eigenvalue weighted by atomic mass is 16.6. The maximum absolute atomic E-state index is 12.4. The number of amides is 2. The van der Waals surface area contributed by atoms with Crippen LogP contribution in [0.5, 0.6) is 11.5 Å². The summed E-state index contributed by atoms with van der Waals surface area (Å²) in [6.07, 6.45) is 3.78. The Morgan fingerprint density at radius 2 is 1.83 bits per heavy atom. The molecular formula is C18H27N3O3. The first-order valence-electron chi connectivity index (χ1n) is 8.94. The molecule has 1 aromatic rings. The van der Waals surface area contributed by atoms with Crippen LogP contribution < -0.4 is 14.8 Å². The van der Waals surface area contributed by atoms with E-state index in [0.29, 0.717) is 19.0 Å². The van der Waals surface area contributed by atoms with Crippen molar-refractivity contribution < 1.29 is 14.3 Å². The Morgan fingerprint density at radius 1 is 1.08 bits per heavy atom. The molecule has 2 amide bonds. The zero-order valence-electron chi connectivity index (χ0n) is 14.4. The number of ether oxygens (including phenoxy) is 2. The smallest absolute Gasteiger partial charge is 0.321 e. The monoisotopic (exact) mass is 333 g/mol. The molecule has 3 rings (SSSR count). The van der Waals surface area contributed by atoms with E-state index in [1.807, 2.05) is 23.1 Å². The number of fused-ring (bicyclic) bond motifs is 1. The van der Waals surface area contributed by atoms with Gasteiger partial charge in [-0.3, -0.25) is 4.90 Å². The molecule has 6 heteroatoms. The Kier molecular flexibility index (Phi) is 5.80. The number of unbranched alkanes of at least 4 members (excludes halogenated alkanes) is 2. The van der Waals surface area contributed by atoms with E-state index in [1.165, 1.54) is 19.3 Å². The number of hydrogen-bond donors (Lipinski definition) is 1. The minimum absolute atomic E-state index is 0.0418. The lowest BCUT2D eigenvalue weighted by atomic mass is 10.2. The Labute approximate surface area is 143 Å². The molecule has 1 N–H and O–H groups in total. The minimum atomic E-state index is -0.0418. The topological polar surface area (TPSA) is 54.0 Å². The summed E-state index contributed by atoms with van der Waals surface area (Å²) in [5, 5.41) is 2.96. The third kappa shape index (κ3) is 4.32. The van der Waals surface area contributed by atoms with E-state index in [9.17, 15) is 4.79 Å². The maximum Gasteiger partial charge on any atom is 0.321 e. The first-order chi connectivity index (χ1) is 11.8. The van der Waals surface area contributed by atoms with Crippen molar-refractivity contribution in [1.29, 1.82) is 0 Å². The summed E-state index contributed by atoms with van der Waals surface area (Å²) >= 11 is 0. The largest absolute Gasteiger partial charge is 0.486 e. The number of rotatable bonds is 5.